The second-order valence-corrected chi connectivity index (χ2v) is 6.96. The molecular formula is C23H16N2O8. The van der Waals surface area contributed by atoms with Gasteiger partial charge in [0.1, 0.15) is 0 Å². The first-order chi connectivity index (χ1) is 15.8. The van der Waals surface area contributed by atoms with Crippen molar-refractivity contribution in [2.75, 3.05) is 6.61 Å². The largest absolute Gasteiger partial charge is 0.462 e. The van der Waals surface area contributed by atoms with Gasteiger partial charge in [-0.2, -0.15) is 0 Å². The van der Waals surface area contributed by atoms with Crippen LogP contribution in [0.4, 0.5) is 0 Å². The van der Waals surface area contributed by atoms with Crippen molar-refractivity contribution in [2.45, 2.75) is 13.0 Å². The number of hydrogen-bond acceptors (Lipinski definition) is 8. The number of benzene rings is 2. The molecule has 33 heavy (non-hydrogen) atoms. The molecule has 0 fully saturated rings. The lowest BCUT2D eigenvalue weighted by molar-refractivity contribution is 0.0437. The molecule has 3 aromatic rings. The molecule has 2 aromatic carbocycles. The molecular weight excluding hydrogens is 432 g/mol. The van der Waals surface area contributed by atoms with Gasteiger partial charge in [0.15, 0.2) is 17.4 Å². The maximum absolute atomic E-state index is 13.3. The van der Waals surface area contributed by atoms with E-state index in [-0.39, 0.29) is 23.3 Å². The summed E-state index contributed by atoms with van der Waals surface area (Å²) in [6, 6.07) is 11.5. The predicted octanol–water partition coefficient (Wildman–Crippen LogP) is 1.81. The molecule has 0 bridgehead atoms. The normalized spacial score (nSPS) is 13.5. The minimum atomic E-state index is -1.98. The molecule has 1 unspecified atom stereocenters. The van der Waals surface area contributed by atoms with Crippen molar-refractivity contribution in [1.82, 2.24) is 9.64 Å². The van der Waals surface area contributed by atoms with Gasteiger partial charge in [-0.3, -0.25) is 24.1 Å². The maximum atomic E-state index is 13.3. The Labute approximate surface area is 185 Å². The van der Waals surface area contributed by atoms with E-state index in [4.69, 9.17) is 9.26 Å². The molecule has 10 nitrogen and oxygen atoms in total. The highest BCUT2D eigenvalue weighted by Gasteiger charge is 2.47. The fourth-order valence-electron chi connectivity index (χ4n) is 3.45. The van der Waals surface area contributed by atoms with Gasteiger partial charge in [-0.25, -0.2) is 9.59 Å². The van der Waals surface area contributed by atoms with Gasteiger partial charge in [-0.1, -0.05) is 42.5 Å². The van der Waals surface area contributed by atoms with Crippen LogP contribution >= 0.6 is 0 Å². The first-order valence-corrected chi connectivity index (χ1v) is 9.85. The Hall–Kier alpha value is -4.60. The van der Waals surface area contributed by atoms with Crippen LogP contribution in [0.1, 0.15) is 53.2 Å². The van der Waals surface area contributed by atoms with Crippen LogP contribution < -0.4 is 5.63 Å². The lowest BCUT2D eigenvalue weighted by Gasteiger charge is -2.23. The van der Waals surface area contributed by atoms with Crippen LogP contribution in [-0.2, 0) is 4.74 Å². The van der Waals surface area contributed by atoms with Crippen LogP contribution in [0.15, 0.2) is 70.1 Å². The number of rotatable bonds is 6. The average molecular weight is 448 g/mol. The third-order valence-corrected chi connectivity index (χ3v) is 4.98. The topological polar surface area (TPSA) is 133 Å². The van der Waals surface area contributed by atoms with Gasteiger partial charge in [-0.05, 0) is 19.1 Å². The molecule has 1 atom stereocenters. The van der Waals surface area contributed by atoms with Gasteiger partial charge in [-0.15, -0.1) is 4.74 Å². The Morgan fingerprint density at radius 1 is 0.909 bits per heavy atom. The van der Waals surface area contributed by atoms with Crippen molar-refractivity contribution < 1.29 is 33.2 Å². The molecule has 1 aliphatic heterocycles. The number of Topliss-reactive ketones (excluding diaryl/α,β-unsaturated/α-hetero) is 1. The van der Waals surface area contributed by atoms with Crippen LogP contribution in [0.2, 0.25) is 0 Å². The van der Waals surface area contributed by atoms with Crippen molar-refractivity contribution in [3.8, 4) is 0 Å². The molecule has 2 heterocycles. The number of esters is 1. The number of hydrogen-bond donors (Lipinski definition) is 0. The van der Waals surface area contributed by atoms with Crippen LogP contribution in [0.5, 0.6) is 0 Å². The van der Waals surface area contributed by atoms with E-state index in [2.05, 4.69) is 0 Å². The third kappa shape index (κ3) is 3.67. The number of fused-ring (bicyclic) bond motifs is 1. The zero-order valence-corrected chi connectivity index (χ0v) is 17.2. The van der Waals surface area contributed by atoms with Gasteiger partial charge in [0.2, 0.25) is 0 Å². The number of carbonyl (C=O) groups excluding carboxylic acids is 5. The van der Waals surface area contributed by atoms with E-state index in [0.717, 1.165) is 6.20 Å². The molecule has 0 saturated carbocycles. The summed E-state index contributed by atoms with van der Waals surface area (Å²) in [5.41, 5.74) is -1.63. The summed E-state index contributed by atoms with van der Waals surface area (Å²) in [7, 11) is 0. The fraction of sp³-hybridized carbons (Fsp3) is 0.130. The molecule has 1 aliphatic rings. The molecule has 2 amide bonds. The summed E-state index contributed by atoms with van der Waals surface area (Å²) >= 11 is 0. The highest BCUT2D eigenvalue weighted by Crippen LogP contribution is 2.26. The number of imide groups is 1. The van der Waals surface area contributed by atoms with E-state index in [9.17, 15) is 28.8 Å². The lowest BCUT2D eigenvalue weighted by Crippen LogP contribution is -2.51. The predicted molar refractivity (Wildman–Crippen MR) is 111 cm³/mol. The first-order valence-electron chi connectivity index (χ1n) is 9.85. The summed E-state index contributed by atoms with van der Waals surface area (Å²) in [5.74, 6) is -4.80. The Bertz CT molecular complexity index is 1320. The van der Waals surface area contributed by atoms with Crippen molar-refractivity contribution in [3.63, 3.8) is 0 Å². The summed E-state index contributed by atoms with van der Waals surface area (Å²) in [6.45, 7) is 1.50. The second kappa shape index (κ2) is 8.50. The number of ether oxygens (including phenoxy) is 1. The molecule has 1 aromatic heterocycles. The number of amides is 2. The van der Waals surface area contributed by atoms with Gasteiger partial charge in [0.25, 0.3) is 17.7 Å². The Kier molecular flexibility index (Phi) is 5.57. The molecule has 166 valence electrons. The fourth-order valence-corrected chi connectivity index (χ4v) is 3.45. The molecule has 10 heteroatoms. The van der Waals surface area contributed by atoms with Crippen LogP contribution in [0.25, 0.3) is 0 Å². The van der Waals surface area contributed by atoms with Crippen molar-refractivity contribution in [3.05, 3.63) is 93.5 Å². The average Bonchev–Trinajstić information content (AvgIpc) is 3.33. The molecule has 0 radical (unpaired) electrons. The minimum Gasteiger partial charge on any atom is -0.462 e. The van der Waals surface area contributed by atoms with E-state index < -0.39 is 46.7 Å². The van der Waals surface area contributed by atoms with Crippen LogP contribution in [-0.4, -0.2) is 51.8 Å². The summed E-state index contributed by atoms with van der Waals surface area (Å²) in [4.78, 5) is 77.2. The number of aromatic nitrogens is 1. The SMILES string of the molecule is CCOC(=O)c1cn(C(=O)C(C(=O)c2ccccc2)N2C(=O)c3ccccc3C2=O)oc1=O. The smallest absolute Gasteiger partial charge is 0.372 e. The van der Waals surface area contributed by atoms with Crippen LogP contribution in [0.3, 0.4) is 0 Å². The first kappa shape index (κ1) is 21.6. The molecule has 0 N–H and O–H groups in total. The third-order valence-electron chi connectivity index (χ3n) is 4.98. The Morgan fingerprint density at radius 2 is 1.48 bits per heavy atom. The highest BCUT2D eigenvalue weighted by molar-refractivity contribution is 6.27. The zero-order valence-electron chi connectivity index (χ0n) is 17.2. The molecule has 0 spiro atoms. The summed E-state index contributed by atoms with van der Waals surface area (Å²) in [5, 5.41) is 0. The summed E-state index contributed by atoms with van der Waals surface area (Å²) in [6.07, 6.45) is 0.770. The standard InChI is InChI=1S/C23H16N2O8/c1-2-32-22(30)16-12-24(33-23(16)31)21(29)17(18(26)13-8-4-3-5-9-13)25-19(27)14-10-6-7-11-15(14)20(25)28/h3-12,17H,2H2,1H3. The maximum Gasteiger partial charge on any atom is 0.372 e. The molecule has 4 rings (SSSR count). The highest BCUT2D eigenvalue weighted by atomic mass is 16.5. The van der Waals surface area contributed by atoms with E-state index in [1.54, 1.807) is 30.3 Å². The van der Waals surface area contributed by atoms with Crippen molar-refractivity contribution in [1.29, 1.82) is 0 Å². The summed E-state index contributed by atoms with van der Waals surface area (Å²) < 4.78 is 9.94. The van der Waals surface area contributed by atoms with E-state index in [1.807, 2.05) is 0 Å². The van der Waals surface area contributed by atoms with E-state index in [0.29, 0.717) is 9.64 Å². The molecule has 0 saturated heterocycles. The zero-order chi connectivity index (χ0) is 23.7. The van der Waals surface area contributed by atoms with Gasteiger partial charge < -0.3 is 9.26 Å². The molecule has 0 aliphatic carbocycles. The Balaban J connectivity index is 1.80. The number of nitrogens with zero attached hydrogens (tertiary/aromatic N) is 2. The van der Waals surface area contributed by atoms with Crippen molar-refractivity contribution >= 4 is 29.5 Å². The number of ketones is 1. The van der Waals surface area contributed by atoms with Gasteiger partial charge in [0, 0.05) is 5.56 Å². The van der Waals surface area contributed by atoms with Gasteiger partial charge in [0.05, 0.1) is 23.9 Å². The van der Waals surface area contributed by atoms with Crippen LogP contribution in [0, 0.1) is 0 Å². The Morgan fingerprint density at radius 3 is 2.06 bits per heavy atom. The lowest BCUT2D eigenvalue weighted by atomic mass is 10.0. The minimum absolute atomic E-state index is 0.0262. The van der Waals surface area contributed by atoms with Crippen molar-refractivity contribution in [2.24, 2.45) is 0 Å². The second-order valence-electron chi connectivity index (χ2n) is 6.96. The monoisotopic (exact) mass is 448 g/mol. The van der Waals surface area contributed by atoms with E-state index in [1.165, 1.54) is 31.2 Å². The van der Waals surface area contributed by atoms with E-state index >= 15 is 0 Å². The quantitative estimate of drug-likeness (QED) is 0.241. The van der Waals surface area contributed by atoms with Gasteiger partial charge >= 0.3 is 11.6 Å². The number of carbonyl (C=O) groups is 5.